The second-order valence-electron chi connectivity index (χ2n) is 5.73. The summed E-state index contributed by atoms with van der Waals surface area (Å²) < 4.78 is 11.0. The first kappa shape index (κ1) is 17.7. The Morgan fingerprint density at radius 1 is 1.12 bits per heavy atom. The fourth-order valence-corrected chi connectivity index (χ4v) is 2.49. The van der Waals surface area contributed by atoms with Gasteiger partial charge in [0.05, 0.1) is 19.4 Å². The molecule has 8 nitrogen and oxygen atoms in total. The molecule has 26 heavy (non-hydrogen) atoms. The number of morpholine rings is 1. The van der Waals surface area contributed by atoms with Crippen molar-refractivity contribution >= 4 is 29.6 Å². The maximum atomic E-state index is 12.1. The normalized spacial score (nSPS) is 14.4. The van der Waals surface area contributed by atoms with Crippen LogP contribution in [0.1, 0.15) is 23.0 Å². The van der Waals surface area contributed by atoms with Crippen molar-refractivity contribution in [2.24, 2.45) is 5.10 Å². The van der Waals surface area contributed by atoms with E-state index in [-0.39, 0.29) is 11.8 Å². The van der Waals surface area contributed by atoms with Crippen LogP contribution in [-0.2, 0) is 9.53 Å². The number of nitrogens with one attached hydrogen (secondary N) is 2. The van der Waals surface area contributed by atoms with E-state index < -0.39 is 0 Å². The predicted octanol–water partition coefficient (Wildman–Crippen LogP) is 1.84. The quantitative estimate of drug-likeness (QED) is 0.629. The second kappa shape index (κ2) is 8.30. The van der Waals surface area contributed by atoms with E-state index in [1.807, 2.05) is 6.07 Å². The number of benzene rings is 1. The maximum absolute atomic E-state index is 12.1. The van der Waals surface area contributed by atoms with E-state index in [1.54, 1.807) is 30.3 Å². The predicted molar refractivity (Wildman–Crippen MR) is 97.5 cm³/mol. The first-order valence-electron chi connectivity index (χ1n) is 8.25. The highest BCUT2D eigenvalue weighted by Gasteiger charge is 2.14. The topological polar surface area (TPSA) is 96.2 Å². The van der Waals surface area contributed by atoms with Gasteiger partial charge >= 0.3 is 0 Å². The molecule has 136 valence electrons. The first-order valence-corrected chi connectivity index (χ1v) is 8.25. The highest BCUT2D eigenvalue weighted by Crippen LogP contribution is 2.18. The van der Waals surface area contributed by atoms with E-state index in [2.05, 4.69) is 20.7 Å². The largest absolute Gasteiger partial charge is 0.440 e. The van der Waals surface area contributed by atoms with Crippen LogP contribution >= 0.6 is 0 Å². The van der Waals surface area contributed by atoms with Gasteiger partial charge in [0.1, 0.15) is 5.76 Å². The Hall–Kier alpha value is -3.13. The summed E-state index contributed by atoms with van der Waals surface area (Å²) in [7, 11) is 0. The molecule has 0 atom stereocenters. The lowest BCUT2D eigenvalue weighted by molar-refractivity contribution is -0.114. The first-order chi connectivity index (χ1) is 12.6. The molecule has 2 N–H and O–H groups in total. The van der Waals surface area contributed by atoms with E-state index in [1.165, 1.54) is 13.1 Å². The van der Waals surface area contributed by atoms with Crippen molar-refractivity contribution in [3.8, 4) is 0 Å². The molecule has 0 aliphatic carbocycles. The summed E-state index contributed by atoms with van der Waals surface area (Å²) in [6, 6.07) is 10.2. The summed E-state index contributed by atoms with van der Waals surface area (Å²) in [5.74, 6) is 0.791. The van der Waals surface area contributed by atoms with Crippen LogP contribution in [0.5, 0.6) is 0 Å². The van der Waals surface area contributed by atoms with Crippen LogP contribution in [0.3, 0.4) is 0 Å². The van der Waals surface area contributed by atoms with Crippen molar-refractivity contribution in [3.63, 3.8) is 0 Å². The Kier molecular flexibility index (Phi) is 5.65. The van der Waals surface area contributed by atoms with Crippen molar-refractivity contribution in [1.82, 2.24) is 5.43 Å². The number of furan rings is 1. The molecule has 1 aliphatic heterocycles. The fourth-order valence-electron chi connectivity index (χ4n) is 2.49. The monoisotopic (exact) mass is 356 g/mol. The third kappa shape index (κ3) is 4.70. The van der Waals surface area contributed by atoms with Gasteiger partial charge in [0, 0.05) is 37.3 Å². The van der Waals surface area contributed by atoms with Gasteiger partial charge in [-0.05, 0) is 30.3 Å². The number of ether oxygens (including phenoxy) is 1. The molecular weight excluding hydrogens is 336 g/mol. The minimum atomic E-state index is -0.351. The van der Waals surface area contributed by atoms with E-state index in [4.69, 9.17) is 9.15 Å². The SMILES string of the molecule is CC(=O)Nc1ccc(C(=O)N/N=C\c2ccc(N3CCOCC3)o2)cc1. The van der Waals surface area contributed by atoms with E-state index in [9.17, 15) is 9.59 Å². The number of hydrazone groups is 1. The Labute approximate surface area is 150 Å². The van der Waals surface area contributed by atoms with Crippen LogP contribution in [0.4, 0.5) is 11.6 Å². The average molecular weight is 356 g/mol. The number of hydrogen-bond donors (Lipinski definition) is 2. The number of carbonyl (C=O) groups excluding carboxylic acids is 2. The smallest absolute Gasteiger partial charge is 0.271 e. The Morgan fingerprint density at radius 3 is 2.54 bits per heavy atom. The van der Waals surface area contributed by atoms with E-state index >= 15 is 0 Å². The van der Waals surface area contributed by atoms with Crippen molar-refractivity contribution in [3.05, 3.63) is 47.7 Å². The lowest BCUT2D eigenvalue weighted by Crippen LogP contribution is -2.35. The highest BCUT2D eigenvalue weighted by atomic mass is 16.5. The summed E-state index contributed by atoms with van der Waals surface area (Å²) in [6.07, 6.45) is 1.45. The van der Waals surface area contributed by atoms with Gasteiger partial charge in [-0.15, -0.1) is 0 Å². The molecule has 0 unspecified atom stereocenters. The van der Waals surface area contributed by atoms with Gasteiger partial charge in [0.25, 0.3) is 5.91 Å². The summed E-state index contributed by atoms with van der Waals surface area (Å²) in [5.41, 5.74) is 3.51. The van der Waals surface area contributed by atoms with Crippen LogP contribution in [-0.4, -0.2) is 44.3 Å². The molecule has 1 fully saturated rings. The zero-order valence-corrected chi connectivity index (χ0v) is 14.4. The number of hydrogen-bond acceptors (Lipinski definition) is 6. The standard InChI is InChI=1S/C18H20N4O4/c1-13(23)20-15-4-2-14(3-5-15)18(24)21-19-12-16-6-7-17(26-16)22-8-10-25-11-9-22/h2-7,12H,8-11H2,1H3,(H,20,23)(H,21,24)/b19-12-. The lowest BCUT2D eigenvalue weighted by atomic mass is 10.2. The Balaban J connectivity index is 1.54. The second-order valence-corrected chi connectivity index (χ2v) is 5.73. The molecule has 2 amide bonds. The van der Waals surface area contributed by atoms with Crippen LogP contribution in [0.25, 0.3) is 0 Å². The lowest BCUT2D eigenvalue weighted by Gasteiger charge is -2.26. The summed E-state index contributed by atoms with van der Waals surface area (Å²) in [5, 5.41) is 6.56. The van der Waals surface area contributed by atoms with Crippen molar-refractivity contribution in [2.45, 2.75) is 6.92 Å². The van der Waals surface area contributed by atoms with Crippen molar-refractivity contribution in [1.29, 1.82) is 0 Å². The maximum Gasteiger partial charge on any atom is 0.271 e. The Bertz CT molecular complexity index is 792. The molecule has 0 spiro atoms. The number of nitrogens with zero attached hydrogens (tertiary/aromatic N) is 2. The highest BCUT2D eigenvalue weighted by molar-refractivity contribution is 5.95. The van der Waals surface area contributed by atoms with Gasteiger partial charge < -0.3 is 19.4 Å². The van der Waals surface area contributed by atoms with Gasteiger partial charge in [-0.1, -0.05) is 0 Å². The molecule has 0 radical (unpaired) electrons. The molecule has 2 aromatic rings. The summed E-state index contributed by atoms with van der Waals surface area (Å²) >= 11 is 0. The zero-order chi connectivity index (χ0) is 18.4. The molecule has 8 heteroatoms. The third-order valence-electron chi connectivity index (χ3n) is 3.76. The van der Waals surface area contributed by atoms with Gasteiger partial charge in [-0.2, -0.15) is 5.10 Å². The van der Waals surface area contributed by atoms with Crippen LogP contribution in [0.2, 0.25) is 0 Å². The van der Waals surface area contributed by atoms with Gasteiger partial charge in [-0.3, -0.25) is 9.59 Å². The van der Waals surface area contributed by atoms with E-state index in [0.29, 0.717) is 30.2 Å². The molecular formula is C18H20N4O4. The number of amides is 2. The van der Waals surface area contributed by atoms with Crippen LogP contribution in [0.15, 0.2) is 45.9 Å². The number of rotatable bonds is 5. The summed E-state index contributed by atoms with van der Waals surface area (Å²) in [6.45, 7) is 4.36. The third-order valence-corrected chi connectivity index (χ3v) is 3.76. The van der Waals surface area contributed by atoms with Crippen LogP contribution < -0.4 is 15.6 Å². The average Bonchev–Trinajstić information content (AvgIpc) is 3.11. The summed E-state index contributed by atoms with van der Waals surface area (Å²) in [4.78, 5) is 25.1. The minimum Gasteiger partial charge on any atom is -0.440 e. The minimum absolute atomic E-state index is 0.165. The molecule has 0 bridgehead atoms. The van der Waals surface area contributed by atoms with Crippen LogP contribution in [0, 0.1) is 0 Å². The van der Waals surface area contributed by atoms with Crippen molar-refractivity contribution in [2.75, 3.05) is 36.5 Å². The zero-order valence-electron chi connectivity index (χ0n) is 14.4. The molecule has 0 saturated carbocycles. The molecule has 2 heterocycles. The molecule has 1 aliphatic rings. The van der Waals surface area contributed by atoms with Gasteiger partial charge in [0.15, 0.2) is 5.88 Å². The molecule has 1 saturated heterocycles. The van der Waals surface area contributed by atoms with E-state index in [0.717, 1.165) is 19.0 Å². The van der Waals surface area contributed by atoms with Crippen molar-refractivity contribution < 1.29 is 18.7 Å². The number of carbonyl (C=O) groups is 2. The number of anilines is 2. The molecule has 1 aromatic carbocycles. The molecule has 1 aromatic heterocycles. The van der Waals surface area contributed by atoms with Gasteiger partial charge in [-0.25, -0.2) is 5.43 Å². The molecule has 3 rings (SSSR count). The fraction of sp³-hybridized carbons (Fsp3) is 0.278. The van der Waals surface area contributed by atoms with Gasteiger partial charge in [0.2, 0.25) is 5.91 Å². The Morgan fingerprint density at radius 2 is 1.85 bits per heavy atom.